The first-order chi connectivity index (χ1) is 24.0. The lowest BCUT2D eigenvalue weighted by molar-refractivity contribution is 0.101. The zero-order valence-electron chi connectivity index (χ0n) is 29.3. The van der Waals surface area contributed by atoms with E-state index in [-0.39, 0.29) is 43.7 Å². The Kier molecular flexibility index (Phi) is 12.9. The number of ether oxygens (including phenoxy) is 1. The van der Waals surface area contributed by atoms with Crippen molar-refractivity contribution in [2.24, 2.45) is 0 Å². The summed E-state index contributed by atoms with van der Waals surface area (Å²) in [5.41, 5.74) is 5.25. The van der Waals surface area contributed by atoms with Crippen LogP contribution in [-0.4, -0.2) is 44.3 Å². The van der Waals surface area contributed by atoms with Crippen molar-refractivity contribution < 1.29 is 14.3 Å². The predicted molar refractivity (Wildman–Crippen MR) is 203 cm³/mol. The van der Waals surface area contributed by atoms with Gasteiger partial charge in [-0.25, -0.2) is 4.98 Å². The van der Waals surface area contributed by atoms with Crippen molar-refractivity contribution in [2.75, 3.05) is 23.1 Å². The largest absolute Gasteiger partial charge is 0.481 e. The van der Waals surface area contributed by atoms with E-state index in [1.165, 1.54) is 23.3 Å². The predicted octanol–water partition coefficient (Wildman–Crippen LogP) is 9.03. The van der Waals surface area contributed by atoms with E-state index in [4.69, 9.17) is 39.5 Å². The monoisotopic (exact) mass is 748 g/mol. The number of hydrogen-bond donors (Lipinski definition) is 3. The molecule has 0 atom stereocenters. The summed E-state index contributed by atoms with van der Waals surface area (Å²) in [6, 6.07) is 21.9. The van der Waals surface area contributed by atoms with Gasteiger partial charge in [0.05, 0.1) is 18.2 Å². The molecule has 0 fully saturated rings. The van der Waals surface area contributed by atoms with Gasteiger partial charge in [0, 0.05) is 30.2 Å². The molecular formula is C37H39Cl3N8O3. The van der Waals surface area contributed by atoms with Gasteiger partial charge in [-0.2, -0.15) is 0 Å². The van der Waals surface area contributed by atoms with E-state index in [0.717, 1.165) is 5.56 Å². The van der Waals surface area contributed by atoms with Gasteiger partial charge in [-0.3, -0.25) is 9.59 Å². The molecular weight excluding hydrogens is 711 g/mol. The normalized spacial score (nSPS) is 11.2. The molecule has 3 heterocycles. The molecule has 0 saturated carbocycles. The summed E-state index contributed by atoms with van der Waals surface area (Å²) in [7, 11) is 1.56. The zero-order chi connectivity index (χ0) is 37.3. The van der Waals surface area contributed by atoms with E-state index >= 15 is 0 Å². The van der Waals surface area contributed by atoms with E-state index < -0.39 is 0 Å². The van der Waals surface area contributed by atoms with E-state index in [1.807, 2.05) is 54.6 Å². The Hall–Kier alpha value is -4.84. The fraction of sp³-hybridized carbons (Fsp3) is 0.270. The highest BCUT2D eigenvalue weighted by Gasteiger charge is 2.18. The van der Waals surface area contributed by atoms with Crippen LogP contribution in [-0.2, 0) is 17.4 Å². The quantitative estimate of drug-likeness (QED) is 0.142. The summed E-state index contributed by atoms with van der Waals surface area (Å²) >= 11 is 17.6. The summed E-state index contributed by atoms with van der Waals surface area (Å²) in [5.74, 6) is 0.137. The molecule has 0 radical (unpaired) electrons. The molecule has 0 aliphatic rings. The van der Waals surface area contributed by atoms with Crippen LogP contribution in [0.2, 0.25) is 15.5 Å². The van der Waals surface area contributed by atoms with Gasteiger partial charge in [0.1, 0.15) is 0 Å². The first kappa shape index (κ1) is 39.0. The van der Waals surface area contributed by atoms with Crippen LogP contribution in [0.25, 0.3) is 0 Å². The van der Waals surface area contributed by atoms with Gasteiger partial charge in [0.25, 0.3) is 11.8 Å². The summed E-state index contributed by atoms with van der Waals surface area (Å²) in [6.07, 6.45) is 1.65. The second kappa shape index (κ2) is 16.9. The molecule has 0 bridgehead atoms. The van der Waals surface area contributed by atoms with Crippen LogP contribution < -0.4 is 20.7 Å². The number of carbonyl (C=O) groups is 2. The van der Waals surface area contributed by atoms with Gasteiger partial charge in [0.15, 0.2) is 21.3 Å². The lowest BCUT2D eigenvalue weighted by Crippen LogP contribution is -2.17. The van der Waals surface area contributed by atoms with Crippen molar-refractivity contribution in [1.82, 2.24) is 25.4 Å². The van der Waals surface area contributed by atoms with Crippen molar-refractivity contribution in [3.05, 3.63) is 122 Å². The number of methoxy groups -OCH3 is 1. The number of hydrogen-bond acceptors (Lipinski definition) is 9. The van der Waals surface area contributed by atoms with E-state index in [1.54, 1.807) is 19.4 Å². The average Bonchev–Trinajstić information content (AvgIpc) is 3.08. The van der Waals surface area contributed by atoms with Crippen molar-refractivity contribution in [3.63, 3.8) is 0 Å². The fourth-order valence-corrected chi connectivity index (χ4v) is 5.02. The molecule has 14 heteroatoms. The Morgan fingerprint density at radius 3 is 1.67 bits per heavy atom. The molecule has 51 heavy (non-hydrogen) atoms. The van der Waals surface area contributed by atoms with Crippen LogP contribution >= 0.6 is 34.8 Å². The molecule has 5 rings (SSSR count). The molecule has 3 aromatic heterocycles. The van der Waals surface area contributed by atoms with Gasteiger partial charge in [-0.15, -0.1) is 20.4 Å². The number of nitrogens with one attached hydrogen (secondary N) is 3. The van der Waals surface area contributed by atoms with Gasteiger partial charge >= 0.3 is 0 Å². The van der Waals surface area contributed by atoms with Crippen LogP contribution in [0, 0.1) is 0 Å². The third-order valence-corrected chi connectivity index (χ3v) is 8.11. The van der Waals surface area contributed by atoms with Crippen LogP contribution in [0.4, 0.5) is 17.2 Å². The first-order valence-corrected chi connectivity index (χ1v) is 17.0. The molecule has 0 aliphatic heterocycles. The number of nitrogens with zero attached hydrogens (tertiary/aromatic N) is 5. The van der Waals surface area contributed by atoms with Crippen LogP contribution in [0.3, 0.4) is 0 Å². The van der Waals surface area contributed by atoms with Crippen molar-refractivity contribution >= 4 is 63.8 Å². The Morgan fingerprint density at radius 2 is 1.16 bits per heavy atom. The van der Waals surface area contributed by atoms with Crippen LogP contribution in [0.15, 0.2) is 79.0 Å². The third-order valence-electron chi connectivity index (χ3n) is 7.46. The standard InChI is InChI=1S/C22H24ClN5O2.C15H15Cl2N3O/c1-22(2,3)15-5-7-16(8-6-15)26-21(29)17-12-18(23)27-28-20(17)25-13-14-9-10-24-19(11-14)30-4;1-15(2,3)9-4-6-10(7-5-9)18-14(21)11-8-12(16)19-20-13(11)17/h5-12H,13H2,1-4H3,(H,25,28)(H,26,29);4-8H,1-3H3,(H,18,21). The minimum atomic E-state index is -0.375. The highest BCUT2D eigenvalue weighted by molar-refractivity contribution is 6.34. The van der Waals surface area contributed by atoms with Gasteiger partial charge in [0.2, 0.25) is 5.88 Å². The highest BCUT2D eigenvalue weighted by Crippen LogP contribution is 2.26. The van der Waals surface area contributed by atoms with Gasteiger partial charge in [-0.1, -0.05) is 101 Å². The number of halogens is 3. The fourth-order valence-electron chi connectivity index (χ4n) is 4.55. The molecule has 3 N–H and O–H groups in total. The summed E-state index contributed by atoms with van der Waals surface area (Å²) < 4.78 is 5.13. The molecule has 5 aromatic rings. The lowest BCUT2D eigenvalue weighted by Gasteiger charge is -2.19. The zero-order valence-corrected chi connectivity index (χ0v) is 31.6. The molecule has 2 aromatic carbocycles. The number of benzene rings is 2. The number of amides is 2. The first-order valence-electron chi connectivity index (χ1n) is 15.8. The maximum atomic E-state index is 12.9. The number of rotatable bonds is 8. The topological polar surface area (TPSA) is 144 Å². The van der Waals surface area contributed by atoms with Crippen molar-refractivity contribution in [1.29, 1.82) is 0 Å². The smallest absolute Gasteiger partial charge is 0.259 e. The molecule has 266 valence electrons. The molecule has 0 aliphatic carbocycles. The average molecular weight is 750 g/mol. The van der Waals surface area contributed by atoms with Gasteiger partial charge in [-0.05, 0) is 70.0 Å². The minimum absolute atomic E-state index is 0.0169. The van der Waals surface area contributed by atoms with Crippen LogP contribution in [0.1, 0.15) is 78.9 Å². The molecule has 11 nitrogen and oxygen atoms in total. The maximum Gasteiger partial charge on any atom is 0.259 e. The minimum Gasteiger partial charge on any atom is -0.481 e. The molecule has 2 amide bonds. The molecule has 0 unspecified atom stereocenters. The van der Waals surface area contributed by atoms with E-state index in [2.05, 4.69) is 82.9 Å². The SMILES string of the molecule is CC(C)(C)c1ccc(NC(=O)c2cc(Cl)nnc2Cl)cc1.COc1cc(CNc2nnc(Cl)cc2C(=O)Nc2ccc(C(C)(C)C)cc2)ccn1. The molecule has 0 spiro atoms. The molecule has 0 saturated heterocycles. The Bertz CT molecular complexity index is 1980. The second-order valence-electron chi connectivity index (χ2n) is 13.4. The Labute approximate surface area is 312 Å². The van der Waals surface area contributed by atoms with Crippen molar-refractivity contribution in [2.45, 2.75) is 58.9 Å². The lowest BCUT2D eigenvalue weighted by atomic mass is 9.87. The Balaban J connectivity index is 0.000000244. The Morgan fingerprint density at radius 1 is 0.667 bits per heavy atom. The summed E-state index contributed by atoms with van der Waals surface area (Å²) in [4.78, 5) is 29.1. The van der Waals surface area contributed by atoms with Crippen LogP contribution in [0.5, 0.6) is 5.88 Å². The number of pyridine rings is 1. The van der Waals surface area contributed by atoms with Gasteiger partial charge < -0.3 is 20.7 Å². The summed E-state index contributed by atoms with van der Waals surface area (Å²) in [5, 5.41) is 24.1. The maximum absolute atomic E-state index is 12.9. The number of aromatic nitrogens is 5. The summed E-state index contributed by atoms with van der Waals surface area (Å²) in [6.45, 7) is 13.2. The number of anilines is 3. The van der Waals surface area contributed by atoms with E-state index in [0.29, 0.717) is 35.2 Å². The second-order valence-corrected chi connectivity index (χ2v) is 14.6. The highest BCUT2D eigenvalue weighted by atomic mass is 35.5. The third kappa shape index (κ3) is 11.3. The number of carbonyl (C=O) groups excluding carboxylic acids is 2. The van der Waals surface area contributed by atoms with E-state index in [9.17, 15) is 9.59 Å². The van der Waals surface area contributed by atoms with Crippen molar-refractivity contribution in [3.8, 4) is 5.88 Å².